The summed E-state index contributed by atoms with van der Waals surface area (Å²) >= 11 is 0. The monoisotopic (exact) mass is 355 g/mol. The van der Waals surface area contributed by atoms with Gasteiger partial charge < -0.3 is 4.74 Å². The van der Waals surface area contributed by atoms with E-state index in [1.807, 2.05) is 12.1 Å². The fourth-order valence-electron chi connectivity index (χ4n) is 2.31. The highest BCUT2D eigenvalue weighted by atomic mass is 32.2. The van der Waals surface area contributed by atoms with Crippen molar-refractivity contribution < 1.29 is 17.9 Å². The Morgan fingerprint density at radius 2 is 1.62 bits per heavy atom. The molecule has 0 aromatic heterocycles. The van der Waals surface area contributed by atoms with E-state index < -0.39 is 26.9 Å². The number of hydrogen-bond donors (Lipinski definition) is 1. The van der Waals surface area contributed by atoms with E-state index in [9.17, 15) is 13.2 Å². The maximum absolute atomic E-state index is 12.7. The Bertz CT molecular complexity index is 673. The van der Waals surface area contributed by atoms with Gasteiger partial charge >= 0.3 is 5.97 Å². The molecule has 24 heavy (non-hydrogen) atoms. The van der Waals surface area contributed by atoms with Crippen LogP contribution in [-0.4, -0.2) is 27.0 Å². The zero-order chi connectivity index (χ0) is 18.8. The number of benzene rings is 1. The van der Waals surface area contributed by atoms with Gasteiger partial charge in [0.2, 0.25) is 10.0 Å². The fraction of sp³-hybridized carbons (Fsp3) is 0.611. The Morgan fingerprint density at radius 3 is 2.04 bits per heavy atom. The van der Waals surface area contributed by atoms with Gasteiger partial charge in [-0.05, 0) is 57.7 Å². The summed E-state index contributed by atoms with van der Waals surface area (Å²) in [5.41, 5.74) is -0.944. The Morgan fingerprint density at radius 1 is 1.12 bits per heavy atom. The Hall–Kier alpha value is -1.40. The number of ether oxygens (including phenoxy) is 1. The van der Waals surface area contributed by atoms with E-state index in [0.717, 1.165) is 12.0 Å². The number of nitrogens with one attached hydrogen (secondary N) is 1. The Labute approximate surface area is 145 Å². The van der Waals surface area contributed by atoms with Crippen LogP contribution in [0.5, 0.6) is 0 Å². The molecule has 5 nitrogen and oxygen atoms in total. The van der Waals surface area contributed by atoms with Gasteiger partial charge in [0.25, 0.3) is 0 Å². The molecule has 0 aliphatic rings. The summed E-state index contributed by atoms with van der Waals surface area (Å²) in [4.78, 5) is 12.2. The summed E-state index contributed by atoms with van der Waals surface area (Å²) < 4.78 is 32.8. The van der Waals surface area contributed by atoms with Gasteiger partial charge in [0, 0.05) is 5.54 Å². The molecule has 0 amide bonds. The second-order valence-electron chi connectivity index (χ2n) is 7.59. The van der Waals surface area contributed by atoms with Gasteiger partial charge in [-0.3, -0.25) is 4.79 Å². The SMILES string of the molecule is COC(=O)C(C)(C)C(C)(C)NS(=O)(=O)c1ccc(CC(C)C)cc1. The largest absolute Gasteiger partial charge is 0.469 e. The second kappa shape index (κ2) is 7.23. The lowest BCUT2D eigenvalue weighted by atomic mass is 9.75. The summed E-state index contributed by atoms with van der Waals surface area (Å²) in [6, 6.07) is 6.85. The molecule has 136 valence electrons. The first-order valence-corrected chi connectivity index (χ1v) is 9.53. The molecule has 0 radical (unpaired) electrons. The first-order chi connectivity index (χ1) is 10.8. The lowest BCUT2D eigenvalue weighted by Gasteiger charge is -2.39. The van der Waals surface area contributed by atoms with Gasteiger partial charge in [-0.25, -0.2) is 13.1 Å². The van der Waals surface area contributed by atoms with Gasteiger partial charge in [0.1, 0.15) is 0 Å². The lowest BCUT2D eigenvalue weighted by molar-refractivity contribution is -0.154. The van der Waals surface area contributed by atoms with Gasteiger partial charge in [0.15, 0.2) is 0 Å². The minimum absolute atomic E-state index is 0.184. The zero-order valence-corrected chi connectivity index (χ0v) is 16.5. The van der Waals surface area contributed by atoms with Gasteiger partial charge in [-0.2, -0.15) is 0 Å². The maximum atomic E-state index is 12.7. The van der Waals surface area contributed by atoms with E-state index in [0.29, 0.717) is 5.92 Å². The fourth-order valence-corrected chi connectivity index (χ4v) is 3.85. The van der Waals surface area contributed by atoms with Crippen molar-refractivity contribution in [1.29, 1.82) is 0 Å². The van der Waals surface area contributed by atoms with E-state index in [1.54, 1.807) is 39.8 Å². The third-order valence-corrected chi connectivity index (χ3v) is 6.20. The molecule has 1 N–H and O–H groups in total. The molecule has 1 rings (SSSR count). The molecule has 0 aliphatic heterocycles. The van der Waals surface area contributed by atoms with Crippen LogP contribution in [-0.2, 0) is 26.0 Å². The molecule has 0 spiro atoms. The number of esters is 1. The lowest BCUT2D eigenvalue weighted by Crippen LogP contribution is -2.57. The van der Waals surface area contributed by atoms with Crippen LogP contribution in [0, 0.1) is 11.3 Å². The Balaban J connectivity index is 3.06. The quantitative estimate of drug-likeness (QED) is 0.763. The minimum atomic E-state index is -3.75. The van der Waals surface area contributed by atoms with E-state index in [2.05, 4.69) is 18.6 Å². The number of sulfonamides is 1. The van der Waals surface area contributed by atoms with Crippen molar-refractivity contribution in [3.05, 3.63) is 29.8 Å². The van der Waals surface area contributed by atoms with Crippen LogP contribution in [0.1, 0.15) is 47.1 Å². The molecule has 0 aliphatic carbocycles. The predicted molar refractivity (Wildman–Crippen MR) is 95.2 cm³/mol. The summed E-state index contributed by atoms with van der Waals surface area (Å²) in [7, 11) is -2.45. The van der Waals surface area contributed by atoms with E-state index in [-0.39, 0.29) is 4.90 Å². The molecule has 0 fully saturated rings. The van der Waals surface area contributed by atoms with E-state index in [4.69, 9.17) is 4.74 Å². The van der Waals surface area contributed by atoms with Crippen LogP contribution in [0.2, 0.25) is 0 Å². The minimum Gasteiger partial charge on any atom is -0.469 e. The summed E-state index contributed by atoms with van der Waals surface area (Å²) in [6.07, 6.45) is 0.897. The van der Waals surface area contributed by atoms with Crippen LogP contribution in [0.15, 0.2) is 29.2 Å². The highest BCUT2D eigenvalue weighted by Crippen LogP contribution is 2.33. The number of methoxy groups -OCH3 is 1. The molecule has 0 saturated heterocycles. The van der Waals surface area contributed by atoms with Crippen LogP contribution < -0.4 is 4.72 Å². The summed E-state index contributed by atoms with van der Waals surface area (Å²) in [5, 5.41) is 0. The average Bonchev–Trinajstić information content (AvgIpc) is 2.44. The predicted octanol–water partition coefficient (Wildman–Crippen LogP) is 3.14. The molecule has 1 aromatic carbocycles. The number of hydrogen-bond acceptors (Lipinski definition) is 4. The molecule has 6 heteroatoms. The average molecular weight is 356 g/mol. The van der Waals surface area contributed by atoms with Crippen molar-refractivity contribution in [2.45, 2.75) is 58.4 Å². The highest BCUT2D eigenvalue weighted by Gasteiger charge is 2.46. The van der Waals surface area contributed by atoms with Crippen molar-refractivity contribution in [1.82, 2.24) is 4.72 Å². The van der Waals surface area contributed by atoms with Gasteiger partial charge in [-0.15, -0.1) is 0 Å². The Kier molecular flexibility index (Phi) is 6.22. The summed E-state index contributed by atoms with van der Waals surface area (Å²) in [5.74, 6) is 0.0350. The maximum Gasteiger partial charge on any atom is 0.313 e. The second-order valence-corrected chi connectivity index (χ2v) is 9.27. The molecule has 0 saturated carbocycles. The topological polar surface area (TPSA) is 72.5 Å². The van der Waals surface area contributed by atoms with Crippen LogP contribution in [0.4, 0.5) is 0 Å². The van der Waals surface area contributed by atoms with Crippen molar-refractivity contribution in [3.63, 3.8) is 0 Å². The number of carbonyl (C=O) groups excluding carboxylic acids is 1. The molecule has 0 bridgehead atoms. The van der Waals surface area contributed by atoms with Crippen molar-refractivity contribution >= 4 is 16.0 Å². The third kappa shape index (κ3) is 4.57. The van der Waals surface area contributed by atoms with Crippen LogP contribution >= 0.6 is 0 Å². The number of carbonyl (C=O) groups is 1. The van der Waals surface area contributed by atoms with E-state index in [1.165, 1.54) is 7.11 Å². The van der Waals surface area contributed by atoms with E-state index >= 15 is 0 Å². The molecular weight excluding hydrogens is 326 g/mol. The van der Waals surface area contributed by atoms with Gasteiger partial charge in [-0.1, -0.05) is 26.0 Å². The van der Waals surface area contributed by atoms with Crippen molar-refractivity contribution in [2.75, 3.05) is 7.11 Å². The number of rotatable bonds is 7. The smallest absolute Gasteiger partial charge is 0.313 e. The standard InChI is InChI=1S/C18H29NO4S/c1-13(2)12-14-8-10-15(11-9-14)24(21,22)19-18(5,6)17(3,4)16(20)23-7/h8-11,13,19H,12H2,1-7H3. The normalized spacial score (nSPS) is 13.2. The van der Waals surface area contributed by atoms with Gasteiger partial charge in [0.05, 0.1) is 17.4 Å². The van der Waals surface area contributed by atoms with Crippen molar-refractivity contribution in [2.24, 2.45) is 11.3 Å². The molecule has 1 aromatic rings. The van der Waals surface area contributed by atoms with Crippen molar-refractivity contribution in [3.8, 4) is 0 Å². The van der Waals surface area contributed by atoms with Crippen LogP contribution in [0.25, 0.3) is 0 Å². The zero-order valence-electron chi connectivity index (χ0n) is 15.6. The molecule has 0 unspecified atom stereocenters. The third-order valence-electron chi connectivity index (χ3n) is 4.53. The molecular formula is C18H29NO4S. The highest BCUT2D eigenvalue weighted by molar-refractivity contribution is 7.89. The first kappa shape index (κ1) is 20.6. The molecule has 0 heterocycles. The molecule has 0 atom stereocenters. The van der Waals surface area contributed by atoms with Crippen LogP contribution in [0.3, 0.4) is 0 Å². The first-order valence-electron chi connectivity index (χ1n) is 8.05. The summed E-state index contributed by atoms with van der Waals surface area (Å²) in [6.45, 7) is 10.9.